The lowest BCUT2D eigenvalue weighted by molar-refractivity contribution is 0.525. The van der Waals surface area contributed by atoms with Crippen LogP contribution in [0.2, 0.25) is 0 Å². The fourth-order valence-electron chi connectivity index (χ4n) is 1.69. The predicted molar refractivity (Wildman–Crippen MR) is 73.0 cm³/mol. The van der Waals surface area contributed by atoms with Crippen molar-refractivity contribution < 1.29 is 8.42 Å². The number of aromatic nitrogens is 1. The minimum atomic E-state index is -3.37. The highest BCUT2D eigenvalue weighted by atomic mass is 32.2. The smallest absolute Gasteiger partial charge is 0.241 e. The van der Waals surface area contributed by atoms with Gasteiger partial charge in [-0.2, -0.15) is 0 Å². The van der Waals surface area contributed by atoms with E-state index in [1.165, 1.54) is 7.05 Å². The summed E-state index contributed by atoms with van der Waals surface area (Å²) in [6, 6.07) is 2.32. The van der Waals surface area contributed by atoms with Crippen molar-refractivity contribution in [1.29, 1.82) is 0 Å². The molecule has 0 fully saturated rings. The fraction of sp³-hybridized carbons (Fsp3) is 0.667. The molecule has 1 aromatic heterocycles. The number of hydrogen-bond donors (Lipinski definition) is 2. The third-order valence-corrected chi connectivity index (χ3v) is 4.11. The maximum absolute atomic E-state index is 11.8. The quantitative estimate of drug-likeness (QED) is 0.825. The van der Waals surface area contributed by atoms with Crippen molar-refractivity contribution in [2.75, 3.05) is 7.05 Å². The standard InChI is InChI=1S/C12H23N3O2S/c1-9(2)14-7-11-6-12(18(16,17)13-5)8-15(11)10(3)4/h6,8-10,13-14H,7H2,1-5H3. The first-order chi connectivity index (χ1) is 8.27. The van der Waals surface area contributed by atoms with E-state index in [-0.39, 0.29) is 6.04 Å². The van der Waals surface area contributed by atoms with Gasteiger partial charge in [0.05, 0.1) is 4.90 Å². The van der Waals surface area contributed by atoms with Gasteiger partial charge in [0.25, 0.3) is 0 Å². The molecule has 5 nitrogen and oxygen atoms in total. The van der Waals surface area contributed by atoms with Gasteiger partial charge in [-0.05, 0) is 27.0 Å². The maximum atomic E-state index is 11.8. The normalized spacial score (nSPS) is 12.6. The average molecular weight is 273 g/mol. The molecule has 0 aromatic carbocycles. The minimum Gasteiger partial charge on any atom is -0.346 e. The topological polar surface area (TPSA) is 63.1 Å². The van der Waals surface area contributed by atoms with Crippen molar-refractivity contribution in [2.45, 2.75) is 51.2 Å². The maximum Gasteiger partial charge on any atom is 0.241 e. The van der Waals surface area contributed by atoms with E-state index in [2.05, 4.69) is 23.9 Å². The van der Waals surface area contributed by atoms with Crippen LogP contribution in [0, 0.1) is 0 Å². The number of nitrogens with one attached hydrogen (secondary N) is 2. The number of nitrogens with zero attached hydrogens (tertiary/aromatic N) is 1. The third-order valence-electron chi connectivity index (χ3n) is 2.73. The fourth-order valence-corrected chi connectivity index (χ4v) is 2.47. The van der Waals surface area contributed by atoms with E-state index < -0.39 is 10.0 Å². The number of rotatable bonds is 6. The van der Waals surface area contributed by atoms with Crippen LogP contribution >= 0.6 is 0 Å². The molecule has 0 aliphatic rings. The van der Waals surface area contributed by atoms with Gasteiger partial charge in [-0.3, -0.25) is 0 Å². The Labute approximate surface area is 110 Å². The molecule has 1 heterocycles. The lowest BCUT2D eigenvalue weighted by Gasteiger charge is -2.14. The van der Waals surface area contributed by atoms with Crippen molar-refractivity contribution in [1.82, 2.24) is 14.6 Å². The zero-order valence-corrected chi connectivity index (χ0v) is 12.5. The van der Waals surface area contributed by atoms with Gasteiger partial charge in [0.1, 0.15) is 0 Å². The van der Waals surface area contributed by atoms with Crippen LogP contribution in [0.25, 0.3) is 0 Å². The molecule has 0 aliphatic carbocycles. The Morgan fingerprint density at radius 1 is 1.28 bits per heavy atom. The van der Waals surface area contributed by atoms with Crippen LogP contribution < -0.4 is 10.0 Å². The average Bonchev–Trinajstić information content (AvgIpc) is 2.71. The summed E-state index contributed by atoms with van der Waals surface area (Å²) < 4.78 is 27.9. The van der Waals surface area contributed by atoms with Crippen molar-refractivity contribution >= 4 is 10.0 Å². The van der Waals surface area contributed by atoms with Crippen LogP contribution in [0.4, 0.5) is 0 Å². The molecule has 6 heteroatoms. The van der Waals surface area contributed by atoms with Crippen LogP contribution in [-0.4, -0.2) is 26.1 Å². The molecule has 0 saturated heterocycles. The highest BCUT2D eigenvalue weighted by Gasteiger charge is 2.17. The Balaban J connectivity index is 3.09. The lowest BCUT2D eigenvalue weighted by Crippen LogP contribution is -2.23. The number of hydrogen-bond acceptors (Lipinski definition) is 3. The molecule has 0 atom stereocenters. The Morgan fingerprint density at radius 2 is 1.89 bits per heavy atom. The molecule has 18 heavy (non-hydrogen) atoms. The van der Waals surface area contributed by atoms with E-state index in [0.29, 0.717) is 17.5 Å². The van der Waals surface area contributed by atoms with Crippen molar-refractivity contribution in [3.63, 3.8) is 0 Å². The highest BCUT2D eigenvalue weighted by Crippen LogP contribution is 2.18. The largest absolute Gasteiger partial charge is 0.346 e. The predicted octanol–water partition coefficient (Wildman–Crippen LogP) is 1.48. The Morgan fingerprint density at radius 3 is 2.33 bits per heavy atom. The molecule has 2 N–H and O–H groups in total. The summed E-state index contributed by atoms with van der Waals surface area (Å²) in [5.74, 6) is 0. The molecule has 0 aliphatic heterocycles. The summed E-state index contributed by atoms with van der Waals surface area (Å²) in [5, 5.41) is 3.30. The van der Waals surface area contributed by atoms with Crippen LogP contribution in [0.1, 0.15) is 39.4 Å². The Kier molecular flexibility index (Phi) is 4.95. The lowest BCUT2D eigenvalue weighted by atomic mass is 10.3. The zero-order valence-electron chi connectivity index (χ0n) is 11.7. The molecule has 0 unspecified atom stereocenters. The number of sulfonamides is 1. The van der Waals surface area contributed by atoms with Gasteiger partial charge >= 0.3 is 0 Å². The van der Waals surface area contributed by atoms with E-state index in [1.807, 2.05) is 18.4 Å². The summed E-state index contributed by atoms with van der Waals surface area (Å²) in [6.45, 7) is 8.86. The van der Waals surface area contributed by atoms with Gasteiger partial charge in [0.15, 0.2) is 0 Å². The van der Waals surface area contributed by atoms with Gasteiger partial charge in [-0.15, -0.1) is 0 Å². The summed E-state index contributed by atoms with van der Waals surface area (Å²) in [6.07, 6.45) is 1.69. The highest BCUT2D eigenvalue weighted by molar-refractivity contribution is 7.89. The summed E-state index contributed by atoms with van der Waals surface area (Å²) in [7, 11) is -1.95. The van der Waals surface area contributed by atoms with Crippen LogP contribution in [0.5, 0.6) is 0 Å². The molecule has 0 amide bonds. The van der Waals surface area contributed by atoms with E-state index >= 15 is 0 Å². The van der Waals surface area contributed by atoms with E-state index in [0.717, 1.165) is 5.69 Å². The van der Waals surface area contributed by atoms with Gasteiger partial charge in [0.2, 0.25) is 10.0 Å². The first kappa shape index (κ1) is 15.2. The molecule has 1 aromatic rings. The second kappa shape index (κ2) is 5.86. The second-order valence-corrected chi connectivity index (χ2v) is 6.80. The molecule has 0 saturated carbocycles. The first-order valence-electron chi connectivity index (χ1n) is 6.15. The molecule has 0 radical (unpaired) electrons. The minimum absolute atomic E-state index is 0.231. The van der Waals surface area contributed by atoms with Crippen LogP contribution in [0.3, 0.4) is 0 Å². The Hall–Kier alpha value is -0.850. The first-order valence-corrected chi connectivity index (χ1v) is 7.64. The van der Waals surface area contributed by atoms with Gasteiger partial charge in [-0.1, -0.05) is 13.8 Å². The van der Waals surface area contributed by atoms with E-state index in [1.54, 1.807) is 12.3 Å². The van der Waals surface area contributed by atoms with Crippen molar-refractivity contribution in [3.8, 4) is 0 Å². The Bertz CT molecular complexity index is 489. The van der Waals surface area contributed by atoms with Crippen molar-refractivity contribution in [3.05, 3.63) is 18.0 Å². The monoisotopic (exact) mass is 273 g/mol. The van der Waals surface area contributed by atoms with Crippen molar-refractivity contribution in [2.24, 2.45) is 0 Å². The molecular weight excluding hydrogens is 250 g/mol. The summed E-state index contributed by atoms with van der Waals surface area (Å²) in [5.41, 5.74) is 0.979. The van der Waals surface area contributed by atoms with Crippen LogP contribution in [0.15, 0.2) is 17.2 Å². The third kappa shape index (κ3) is 3.57. The second-order valence-electron chi connectivity index (χ2n) is 4.91. The molecule has 0 bridgehead atoms. The molecular formula is C12H23N3O2S. The SMILES string of the molecule is CNS(=O)(=O)c1cc(CNC(C)C)n(C(C)C)c1. The molecule has 1 rings (SSSR count). The summed E-state index contributed by atoms with van der Waals surface area (Å²) in [4.78, 5) is 0.319. The van der Waals surface area contributed by atoms with Gasteiger partial charge in [0, 0.05) is 30.5 Å². The van der Waals surface area contributed by atoms with Gasteiger partial charge in [-0.25, -0.2) is 13.1 Å². The molecule has 0 spiro atoms. The molecule has 104 valence electrons. The summed E-state index contributed by atoms with van der Waals surface area (Å²) >= 11 is 0. The zero-order chi connectivity index (χ0) is 13.9. The van der Waals surface area contributed by atoms with E-state index in [9.17, 15) is 8.42 Å². The van der Waals surface area contributed by atoms with E-state index in [4.69, 9.17) is 0 Å². The van der Waals surface area contributed by atoms with Crippen LogP contribution in [-0.2, 0) is 16.6 Å². The van der Waals surface area contributed by atoms with Gasteiger partial charge < -0.3 is 9.88 Å².